The van der Waals surface area contributed by atoms with Crippen LogP contribution in [-0.4, -0.2) is 42.7 Å². The Hall–Kier alpha value is -2.23. The van der Waals surface area contributed by atoms with E-state index in [1.165, 1.54) is 24.3 Å². The molecule has 0 bridgehead atoms. The zero-order chi connectivity index (χ0) is 21.9. The molecule has 8 nitrogen and oxygen atoms in total. The van der Waals surface area contributed by atoms with Crippen LogP contribution in [0, 0.1) is 0 Å². The molecule has 3 rings (SSSR count). The first kappa shape index (κ1) is 15.8. The van der Waals surface area contributed by atoms with Gasteiger partial charge < -0.3 is 15.2 Å². The zero-order valence-electron chi connectivity index (χ0n) is 17.8. The average molecular weight is 395 g/mol. The second-order valence-electron chi connectivity index (χ2n) is 6.29. The second kappa shape index (κ2) is 8.20. The van der Waals surface area contributed by atoms with Gasteiger partial charge in [-0.15, -0.1) is 0 Å². The summed E-state index contributed by atoms with van der Waals surface area (Å²) in [7, 11) is -4.16. The number of benzene rings is 1. The van der Waals surface area contributed by atoms with Crippen LogP contribution in [-0.2, 0) is 16.4 Å². The van der Waals surface area contributed by atoms with Crippen molar-refractivity contribution in [2.75, 3.05) is 12.3 Å². The molecule has 0 unspecified atom stereocenters. The Labute approximate surface area is 163 Å². The van der Waals surface area contributed by atoms with Crippen molar-refractivity contribution in [1.82, 2.24) is 14.7 Å². The molecular weight excluding hydrogens is 368 g/mol. The molecule has 1 aliphatic carbocycles. The normalized spacial score (nSPS) is 21.9. The van der Waals surface area contributed by atoms with E-state index >= 15 is 0 Å². The number of aliphatic hydroxyl groups is 1. The number of hydrogen-bond acceptors (Lipinski definition) is 7. The van der Waals surface area contributed by atoms with Crippen LogP contribution >= 0.6 is 0 Å². The van der Waals surface area contributed by atoms with Crippen LogP contribution < -0.4 is 14.8 Å². The maximum atomic E-state index is 12.1. The van der Waals surface area contributed by atoms with Gasteiger partial charge in [-0.25, -0.2) is 18.1 Å². The average Bonchev–Trinajstić information content (AvgIpc) is 3.05. The first-order valence-corrected chi connectivity index (χ1v) is 10.2. The quantitative estimate of drug-likeness (QED) is 0.657. The summed E-state index contributed by atoms with van der Waals surface area (Å²) in [6.45, 7) is -0.857. The number of ether oxygens (including phenoxy) is 1. The van der Waals surface area contributed by atoms with Gasteiger partial charge in [-0.1, -0.05) is 6.92 Å². The number of hydrogen-bond donors (Lipinski definition) is 3. The van der Waals surface area contributed by atoms with E-state index < -0.39 is 23.1 Å². The van der Waals surface area contributed by atoms with Crippen LogP contribution in [0.15, 0.2) is 35.4 Å². The lowest BCUT2D eigenvalue weighted by Gasteiger charge is -2.18. The van der Waals surface area contributed by atoms with Gasteiger partial charge in [0, 0.05) is 21.6 Å². The Morgan fingerprint density at radius 3 is 2.74 bits per heavy atom. The van der Waals surface area contributed by atoms with Gasteiger partial charge in [0.2, 0.25) is 21.9 Å². The molecule has 0 radical (unpaired) electrons. The molecular formula is C18H24N4O4S. The van der Waals surface area contributed by atoms with Crippen molar-refractivity contribution in [3.63, 3.8) is 0 Å². The molecule has 1 aliphatic rings. The highest BCUT2D eigenvalue weighted by molar-refractivity contribution is 7.89. The van der Waals surface area contributed by atoms with E-state index in [-0.39, 0.29) is 16.9 Å². The molecule has 146 valence electrons. The van der Waals surface area contributed by atoms with Gasteiger partial charge in [-0.05, 0) is 56.9 Å². The Morgan fingerprint density at radius 1 is 1.33 bits per heavy atom. The molecule has 2 atom stereocenters. The zero-order valence-corrected chi connectivity index (χ0v) is 15.7. The molecule has 0 saturated heterocycles. The van der Waals surface area contributed by atoms with Crippen molar-refractivity contribution in [3.8, 4) is 5.88 Å². The van der Waals surface area contributed by atoms with E-state index in [4.69, 9.17) is 8.85 Å². The van der Waals surface area contributed by atoms with Crippen LogP contribution in [0.5, 0.6) is 5.88 Å². The van der Waals surface area contributed by atoms with Crippen molar-refractivity contribution in [2.24, 2.45) is 0 Å². The maximum Gasteiger partial charge on any atom is 0.240 e. The Balaban J connectivity index is 1.75. The van der Waals surface area contributed by atoms with Crippen molar-refractivity contribution in [3.05, 3.63) is 36.0 Å². The SMILES string of the molecule is [2H]C([2H])([2H])NS(=O)(=O)c1ccc(Nc2ncc(CC)c(O[C@@H]3CCC[C@@H]3O)n2)cc1. The van der Waals surface area contributed by atoms with E-state index in [1.807, 2.05) is 6.92 Å². The first-order valence-electron chi connectivity index (χ1n) is 10.2. The minimum Gasteiger partial charge on any atom is -0.471 e. The summed E-state index contributed by atoms with van der Waals surface area (Å²) in [6.07, 6.45) is 3.86. The summed E-state index contributed by atoms with van der Waals surface area (Å²) in [4.78, 5) is 8.47. The summed E-state index contributed by atoms with van der Waals surface area (Å²) < 4.78 is 52.9. The molecule has 1 aromatic carbocycles. The Bertz CT molecular complexity index is 984. The molecule has 1 heterocycles. The number of anilines is 2. The van der Waals surface area contributed by atoms with Crippen molar-refractivity contribution < 1.29 is 22.4 Å². The van der Waals surface area contributed by atoms with E-state index in [0.29, 0.717) is 24.4 Å². The smallest absolute Gasteiger partial charge is 0.240 e. The summed E-state index contributed by atoms with van der Waals surface area (Å²) in [5, 5.41) is 13.0. The third kappa shape index (κ3) is 4.55. The van der Waals surface area contributed by atoms with E-state index in [2.05, 4.69) is 15.3 Å². The fourth-order valence-corrected chi connectivity index (χ4v) is 3.50. The summed E-state index contributed by atoms with van der Waals surface area (Å²) in [5.41, 5.74) is 1.33. The maximum absolute atomic E-state index is 12.1. The lowest BCUT2D eigenvalue weighted by molar-refractivity contribution is 0.0568. The molecule has 1 fully saturated rings. The Morgan fingerprint density at radius 2 is 2.11 bits per heavy atom. The van der Waals surface area contributed by atoms with Gasteiger partial charge in [0.15, 0.2) is 0 Å². The largest absolute Gasteiger partial charge is 0.471 e. The highest BCUT2D eigenvalue weighted by Gasteiger charge is 2.28. The van der Waals surface area contributed by atoms with Crippen LogP contribution in [0.3, 0.4) is 0 Å². The van der Waals surface area contributed by atoms with Gasteiger partial charge in [0.05, 0.1) is 11.0 Å². The molecule has 0 amide bonds. The lowest BCUT2D eigenvalue weighted by atomic mass is 10.2. The number of sulfonamides is 1. The molecule has 1 aromatic heterocycles. The van der Waals surface area contributed by atoms with E-state index in [9.17, 15) is 13.5 Å². The fourth-order valence-electron chi connectivity index (χ4n) is 2.89. The third-order valence-electron chi connectivity index (χ3n) is 4.44. The number of aromatic nitrogens is 2. The van der Waals surface area contributed by atoms with E-state index in [1.54, 1.807) is 10.9 Å². The highest BCUT2D eigenvalue weighted by atomic mass is 32.2. The first-order chi connectivity index (χ1) is 14.1. The van der Waals surface area contributed by atoms with Gasteiger partial charge in [0.1, 0.15) is 6.10 Å². The summed E-state index contributed by atoms with van der Waals surface area (Å²) >= 11 is 0. The van der Waals surface area contributed by atoms with Crippen LogP contribution in [0.1, 0.15) is 35.9 Å². The molecule has 9 heteroatoms. The van der Waals surface area contributed by atoms with Gasteiger partial charge >= 0.3 is 0 Å². The number of aliphatic hydroxyl groups excluding tert-OH is 1. The second-order valence-corrected chi connectivity index (χ2v) is 7.97. The molecule has 3 N–H and O–H groups in total. The lowest BCUT2D eigenvalue weighted by Crippen LogP contribution is -2.26. The summed E-state index contributed by atoms with van der Waals surface area (Å²) in [6, 6.07) is 5.52. The van der Waals surface area contributed by atoms with Crippen molar-refractivity contribution in [1.29, 1.82) is 0 Å². The molecule has 2 aromatic rings. The summed E-state index contributed by atoms with van der Waals surface area (Å²) in [5.74, 6) is 0.660. The van der Waals surface area contributed by atoms with Crippen molar-refractivity contribution >= 4 is 21.7 Å². The molecule has 27 heavy (non-hydrogen) atoms. The number of nitrogens with zero attached hydrogens (tertiary/aromatic N) is 2. The third-order valence-corrected chi connectivity index (χ3v) is 5.60. The van der Waals surface area contributed by atoms with Crippen LogP contribution in [0.25, 0.3) is 0 Å². The Kier molecular flexibility index (Phi) is 4.80. The fraction of sp³-hybridized carbons (Fsp3) is 0.444. The van der Waals surface area contributed by atoms with Crippen LogP contribution in [0.2, 0.25) is 0 Å². The van der Waals surface area contributed by atoms with Crippen LogP contribution in [0.4, 0.5) is 11.6 Å². The molecule has 0 spiro atoms. The number of rotatable bonds is 7. The van der Waals surface area contributed by atoms with Gasteiger partial charge in [-0.3, -0.25) is 0 Å². The topological polar surface area (TPSA) is 113 Å². The highest BCUT2D eigenvalue weighted by Crippen LogP contribution is 2.27. The van der Waals surface area contributed by atoms with Gasteiger partial charge in [-0.2, -0.15) is 4.98 Å². The monoisotopic (exact) mass is 395 g/mol. The molecule has 1 saturated carbocycles. The minimum atomic E-state index is -4.16. The van der Waals surface area contributed by atoms with E-state index in [0.717, 1.165) is 18.4 Å². The van der Waals surface area contributed by atoms with Crippen molar-refractivity contribution in [2.45, 2.75) is 49.7 Å². The predicted molar refractivity (Wildman–Crippen MR) is 102 cm³/mol. The van der Waals surface area contributed by atoms with Gasteiger partial charge in [0.25, 0.3) is 0 Å². The number of nitrogens with one attached hydrogen (secondary N) is 2. The number of aryl methyl sites for hydroxylation is 1. The predicted octanol–water partition coefficient (Wildman–Crippen LogP) is 1.98. The molecule has 0 aliphatic heterocycles. The standard InChI is InChI=1S/C18H24N4O4S/c1-3-12-11-20-18(22-17(12)26-16-6-4-5-15(16)23)21-13-7-9-14(10-8-13)27(24,25)19-2/h7-11,15-16,19,23H,3-6H2,1-2H3,(H,20,21,22)/t15-,16+/m0/s1/i2D3. The minimum absolute atomic E-state index is 0.175.